The second-order valence-corrected chi connectivity index (χ2v) is 8.45. The number of hydrogen-bond donors (Lipinski definition) is 1. The van der Waals surface area contributed by atoms with Crippen molar-refractivity contribution in [1.82, 2.24) is 9.55 Å². The molecule has 0 saturated carbocycles. The lowest BCUT2D eigenvalue weighted by Gasteiger charge is -2.14. The maximum absolute atomic E-state index is 13.6. The van der Waals surface area contributed by atoms with E-state index in [0.717, 1.165) is 23.9 Å². The molecule has 0 aliphatic heterocycles. The number of nitrogens with zero attached hydrogens (tertiary/aromatic N) is 2. The van der Waals surface area contributed by atoms with Crippen molar-refractivity contribution in [3.05, 3.63) is 81.2 Å². The van der Waals surface area contributed by atoms with Gasteiger partial charge in [-0.3, -0.25) is 14.2 Å². The molecular formula is C21H14F3N3O2S2. The van der Waals surface area contributed by atoms with Crippen molar-refractivity contribution in [2.24, 2.45) is 0 Å². The number of fused-ring (bicyclic) bond motifs is 1. The van der Waals surface area contributed by atoms with Crippen LogP contribution in [0.25, 0.3) is 15.9 Å². The number of amides is 1. The minimum atomic E-state index is -0.812. The van der Waals surface area contributed by atoms with Gasteiger partial charge in [-0.1, -0.05) is 11.8 Å². The number of aromatic nitrogens is 2. The fourth-order valence-corrected chi connectivity index (χ4v) is 4.59. The molecule has 1 N–H and O–H groups in total. The number of thiophene rings is 1. The Kier molecular flexibility index (Phi) is 5.84. The van der Waals surface area contributed by atoms with Gasteiger partial charge in [-0.05, 0) is 54.3 Å². The lowest BCUT2D eigenvalue weighted by Crippen LogP contribution is -2.23. The first-order valence-corrected chi connectivity index (χ1v) is 10.8. The molecule has 5 nitrogen and oxygen atoms in total. The first kappa shape index (κ1) is 21.1. The number of aryl methyl sites for hydroxylation is 1. The highest BCUT2D eigenvalue weighted by molar-refractivity contribution is 7.99. The molecule has 0 bridgehead atoms. The van der Waals surface area contributed by atoms with Crippen molar-refractivity contribution < 1.29 is 18.0 Å². The zero-order valence-corrected chi connectivity index (χ0v) is 17.6. The SMILES string of the molecule is Cc1cc(F)ccc1-n1c(SCC(=O)Nc2cc(F)cc(F)c2)nc2ccsc2c1=O. The summed E-state index contributed by atoms with van der Waals surface area (Å²) in [5.74, 6) is -2.76. The average molecular weight is 461 g/mol. The van der Waals surface area contributed by atoms with E-state index in [1.54, 1.807) is 18.4 Å². The highest BCUT2D eigenvalue weighted by atomic mass is 32.2. The molecule has 0 spiro atoms. The van der Waals surface area contributed by atoms with E-state index in [4.69, 9.17) is 0 Å². The van der Waals surface area contributed by atoms with E-state index >= 15 is 0 Å². The molecule has 1 amide bonds. The lowest BCUT2D eigenvalue weighted by atomic mass is 10.2. The summed E-state index contributed by atoms with van der Waals surface area (Å²) in [5.41, 5.74) is 1.12. The summed E-state index contributed by atoms with van der Waals surface area (Å²) in [7, 11) is 0. The van der Waals surface area contributed by atoms with Gasteiger partial charge in [0.25, 0.3) is 5.56 Å². The standard InChI is InChI=1S/C21H14F3N3O2S2/c1-11-6-12(22)2-3-17(11)27-20(29)19-16(4-5-30-19)26-21(27)31-10-18(28)25-15-8-13(23)7-14(24)9-15/h2-9H,10H2,1H3,(H,25,28). The van der Waals surface area contributed by atoms with Crippen LogP contribution in [0.4, 0.5) is 18.9 Å². The normalized spacial score (nSPS) is 11.1. The maximum atomic E-state index is 13.6. The largest absolute Gasteiger partial charge is 0.325 e. The number of halogens is 3. The molecule has 10 heteroatoms. The van der Waals surface area contributed by atoms with E-state index in [1.165, 1.54) is 34.1 Å². The number of carbonyl (C=O) groups is 1. The van der Waals surface area contributed by atoms with Gasteiger partial charge in [0.15, 0.2) is 5.16 Å². The van der Waals surface area contributed by atoms with Crippen LogP contribution in [0.2, 0.25) is 0 Å². The van der Waals surface area contributed by atoms with E-state index in [0.29, 0.717) is 27.5 Å². The Morgan fingerprint density at radius 3 is 2.55 bits per heavy atom. The van der Waals surface area contributed by atoms with Crippen LogP contribution < -0.4 is 10.9 Å². The van der Waals surface area contributed by atoms with Gasteiger partial charge >= 0.3 is 0 Å². The number of thioether (sulfide) groups is 1. The second kappa shape index (κ2) is 8.56. The number of rotatable bonds is 5. The van der Waals surface area contributed by atoms with E-state index in [1.807, 2.05) is 0 Å². The molecule has 4 rings (SSSR count). The number of carbonyl (C=O) groups excluding carboxylic acids is 1. The number of anilines is 1. The summed E-state index contributed by atoms with van der Waals surface area (Å²) in [6.07, 6.45) is 0. The Bertz CT molecular complexity index is 1350. The second-order valence-electron chi connectivity index (χ2n) is 6.60. The topological polar surface area (TPSA) is 64.0 Å². The first-order valence-electron chi connectivity index (χ1n) is 8.97. The summed E-state index contributed by atoms with van der Waals surface area (Å²) in [5, 5.41) is 4.39. The zero-order valence-electron chi connectivity index (χ0n) is 16.0. The minimum Gasteiger partial charge on any atom is -0.325 e. The van der Waals surface area contributed by atoms with Crippen molar-refractivity contribution in [1.29, 1.82) is 0 Å². The van der Waals surface area contributed by atoms with Gasteiger partial charge < -0.3 is 5.32 Å². The molecule has 0 radical (unpaired) electrons. The van der Waals surface area contributed by atoms with E-state index < -0.39 is 23.4 Å². The Labute approximate surface area is 182 Å². The predicted octanol–water partition coefficient (Wildman–Crippen LogP) is 4.90. The maximum Gasteiger partial charge on any atom is 0.276 e. The van der Waals surface area contributed by atoms with Gasteiger partial charge in [0.1, 0.15) is 22.2 Å². The lowest BCUT2D eigenvalue weighted by molar-refractivity contribution is -0.113. The van der Waals surface area contributed by atoms with E-state index in [9.17, 15) is 22.8 Å². The molecule has 0 aliphatic carbocycles. The molecule has 0 unspecified atom stereocenters. The molecule has 0 atom stereocenters. The molecule has 2 heterocycles. The van der Waals surface area contributed by atoms with Gasteiger partial charge in [0.05, 0.1) is 17.0 Å². The summed E-state index contributed by atoms with van der Waals surface area (Å²) in [6.45, 7) is 1.67. The number of nitrogens with one attached hydrogen (secondary N) is 1. The van der Waals surface area contributed by atoms with Gasteiger partial charge in [0.2, 0.25) is 5.91 Å². The van der Waals surface area contributed by atoms with Gasteiger partial charge in [-0.2, -0.15) is 0 Å². The third kappa shape index (κ3) is 4.49. The van der Waals surface area contributed by atoms with Crippen LogP contribution >= 0.6 is 23.1 Å². The molecule has 31 heavy (non-hydrogen) atoms. The smallest absolute Gasteiger partial charge is 0.276 e. The molecule has 2 aromatic carbocycles. The number of hydrogen-bond acceptors (Lipinski definition) is 5. The monoisotopic (exact) mass is 461 g/mol. The zero-order chi connectivity index (χ0) is 22.1. The van der Waals surface area contributed by atoms with Crippen molar-refractivity contribution in [2.45, 2.75) is 12.1 Å². The third-order valence-electron chi connectivity index (χ3n) is 4.33. The predicted molar refractivity (Wildman–Crippen MR) is 116 cm³/mol. The Hall–Kier alpha value is -3.11. The van der Waals surface area contributed by atoms with Crippen molar-refractivity contribution in [3.8, 4) is 5.69 Å². The van der Waals surface area contributed by atoms with Crippen LogP contribution in [0.1, 0.15) is 5.56 Å². The third-order valence-corrected chi connectivity index (χ3v) is 6.16. The van der Waals surface area contributed by atoms with Gasteiger partial charge in [-0.25, -0.2) is 18.2 Å². The minimum absolute atomic E-state index is 0.0175. The molecule has 0 saturated heterocycles. The molecule has 158 valence electrons. The van der Waals surface area contributed by atoms with Crippen molar-refractivity contribution in [2.75, 3.05) is 11.1 Å². The van der Waals surface area contributed by atoms with Crippen LogP contribution in [0.3, 0.4) is 0 Å². The van der Waals surface area contributed by atoms with Crippen LogP contribution in [0.15, 0.2) is 57.8 Å². The van der Waals surface area contributed by atoms with Crippen LogP contribution in [-0.4, -0.2) is 21.2 Å². The van der Waals surface area contributed by atoms with Crippen molar-refractivity contribution in [3.63, 3.8) is 0 Å². The van der Waals surface area contributed by atoms with Crippen LogP contribution in [0.5, 0.6) is 0 Å². The fraction of sp³-hybridized carbons (Fsp3) is 0.0952. The molecule has 0 fully saturated rings. The molecule has 0 aliphatic rings. The highest BCUT2D eigenvalue weighted by Gasteiger charge is 2.17. The average Bonchev–Trinajstić information content (AvgIpc) is 3.15. The quantitative estimate of drug-likeness (QED) is 0.339. The van der Waals surface area contributed by atoms with Crippen molar-refractivity contribution >= 4 is 44.9 Å². The Balaban J connectivity index is 1.66. The van der Waals surface area contributed by atoms with Crippen LogP contribution in [-0.2, 0) is 4.79 Å². The molecular weight excluding hydrogens is 447 g/mol. The molecule has 2 aromatic heterocycles. The summed E-state index contributed by atoms with van der Waals surface area (Å²) < 4.78 is 42.0. The van der Waals surface area contributed by atoms with Gasteiger partial charge in [0, 0.05) is 11.8 Å². The molecule has 4 aromatic rings. The number of benzene rings is 2. The Morgan fingerprint density at radius 1 is 1.10 bits per heavy atom. The Morgan fingerprint density at radius 2 is 1.84 bits per heavy atom. The van der Waals surface area contributed by atoms with E-state index in [2.05, 4.69) is 10.3 Å². The summed E-state index contributed by atoms with van der Waals surface area (Å²) in [6, 6.07) is 8.43. The van der Waals surface area contributed by atoms with Crippen LogP contribution in [0, 0.1) is 24.4 Å². The van der Waals surface area contributed by atoms with Gasteiger partial charge in [-0.15, -0.1) is 11.3 Å². The summed E-state index contributed by atoms with van der Waals surface area (Å²) >= 11 is 2.23. The van der Waals surface area contributed by atoms with E-state index in [-0.39, 0.29) is 22.2 Å². The first-order chi connectivity index (χ1) is 14.8. The fourth-order valence-electron chi connectivity index (χ4n) is 3.02. The summed E-state index contributed by atoms with van der Waals surface area (Å²) in [4.78, 5) is 29.9. The highest BCUT2D eigenvalue weighted by Crippen LogP contribution is 2.25.